The van der Waals surface area contributed by atoms with Crippen LogP contribution in [0.15, 0.2) is 42.5 Å². The molecule has 2 rings (SSSR count). The van der Waals surface area contributed by atoms with Crippen LogP contribution in [-0.2, 0) is 16.1 Å². The summed E-state index contributed by atoms with van der Waals surface area (Å²) in [5, 5.41) is 5.37. The molecular formula is C19H22N2O5. The average Bonchev–Trinajstić information content (AvgIpc) is 2.66. The zero-order valence-electron chi connectivity index (χ0n) is 15.0. The van der Waals surface area contributed by atoms with Gasteiger partial charge in [-0.2, -0.15) is 0 Å². The van der Waals surface area contributed by atoms with Gasteiger partial charge in [-0.25, -0.2) is 0 Å². The fourth-order valence-corrected chi connectivity index (χ4v) is 2.36. The molecule has 0 aliphatic heterocycles. The Balaban J connectivity index is 1.95. The molecule has 0 aliphatic rings. The van der Waals surface area contributed by atoms with Crippen LogP contribution in [-0.4, -0.2) is 33.1 Å². The number of nitrogens with one attached hydrogen (secondary N) is 2. The van der Waals surface area contributed by atoms with E-state index in [-0.39, 0.29) is 12.3 Å². The molecular weight excluding hydrogens is 336 g/mol. The molecule has 0 unspecified atom stereocenters. The van der Waals surface area contributed by atoms with Crippen LogP contribution in [0.2, 0.25) is 0 Å². The van der Waals surface area contributed by atoms with Crippen LogP contribution in [0.1, 0.15) is 12.0 Å². The van der Waals surface area contributed by atoms with Gasteiger partial charge >= 0.3 is 0 Å². The average molecular weight is 358 g/mol. The van der Waals surface area contributed by atoms with E-state index in [1.165, 1.54) is 21.3 Å². The SMILES string of the molecule is COc1cc(NC(=O)CC(=O)NCc2ccccc2)cc(OC)c1OC. The topological polar surface area (TPSA) is 85.9 Å². The van der Waals surface area contributed by atoms with Gasteiger partial charge in [0.05, 0.1) is 21.3 Å². The zero-order valence-corrected chi connectivity index (χ0v) is 15.0. The predicted octanol–water partition coefficient (Wildman–Crippen LogP) is 2.36. The third-order valence-electron chi connectivity index (χ3n) is 3.60. The van der Waals surface area contributed by atoms with E-state index >= 15 is 0 Å². The molecule has 0 spiro atoms. The Kier molecular flexibility index (Phi) is 6.84. The molecule has 0 saturated carbocycles. The Morgan fingerprint density at radius 3 is 2.04 bits per heavy atom. The first kappa shape index (κ1) is 19.1. The maximum Gasteiger partial charge on any atom is 0.233 e. The lowest BCUT2D eigenvalue weighted by Crippen LogP contribution is -2.27. The van der Waals surface area contributed by atoms with Crippen molar-refractivity contribution in [2.45, 2.75) is 13.0 Å². The Bertz CT molecular complexity index is 737. The lowest BCUT2D eigenvalue weighted by molar-refractivity contribution is -0.126. The molecule has 0 aromatic heterocycles. The van der Waals surface area contributed by atoms with Crippen LogP contribution < -0.4 is 24.8 Å². The van der Waals surface area contributed by atoms with E-state index in [1.807, 2.05) is 30.3 Å². The Morgan fingerprint density at radius 2 is 1.50 bits per heavy atom. The molecule has 0 saturated heterocycles. The van der Waals surface area contributed by atoms with Gasteiger partial charge in [-0.3, -0.25) is 9.59 Å². The van der Waals surface area contributed by atoms with E-state index < -0.39 is 5.91 Å². The summed E-state index contributed by atoms with van der Waals surface area (Å²) in [7, 11) is 4.47. The second-order valence-electron chi connectivity index (χ2n) is 5.40. The lowest BCUT2D eigenvalue weighted by atomic mass is 10.2. The Morgan fingerprint density at radius 1 is 0.885 bits per heavy atom. The van der Waals surface area contributed by atoms with E-state index in [0.29, 0.717) is 29.5 Å². The Hall–Kier alpha value is -3.22. The molecule has 0 radical (unpaired) electrons. The molecule has 7 heteroatoms. The minimum absolute atomic E-state index is 0.288. The number of rotatable bonds is 8. The first-order valence-electron chi connectivity index (χ1n) is 7.97. The molecule has 2 N–H and O–H groups in total. The van der Waals surface area contributed by atoms with E-state index in [2.05, 4.69) is 10.6 Å². The first-order chi connectivity index (χ1) is 12.6. The summed E-state index contributed by atoms with van der Waals surface area (Å²) >= 11 is 0. The van der Waals surface area contributed by atoms with Gasteiger partial charge in [-0.15, -0.1) is 0 Å². The quantitative estimate of drug-likeness (QED) is 0.708. The van der Waals surface area contributed by atoms with Crippen LogP contribution in [0, 0.1) is 0 Å². The Labute approximate surface area is 152 Å². The van der Waals surface area contributed by atoms with Crippen LogP contribution in [0.5, 0.6) is 17.2 Å². The van der Waals surface area contributed by atoms with Crippen molar-refractivity contribution in [2.75, 3.05) is 26.6 Å². The fourth-order valence-electron chi connectivity index (χ4n) is 2.36. The third-order valence-corrected chi connectivity index (χ3v) is 3.60. The normalized spacial score (nSPS) is 9.96. The minimum Gasteiger partial charge on any atom is -0.493 e. The zero-order chi connectivity index (χ0) is 18.9. The van der Waals surface area contributed by atoms with Crippen LogP contribution in [0.25, 0.3) is 0 Å². The summed E-state index contributed by atoms with van der Waals surface area (Å²) in [6, 6.07) is 12.7. The fraction of sp³-hybridized carbons (Fsp3) is 0.263. The summed E-state index contributed by atoms with van der Waals surface area (Å²) in [6.07, 6.45) is -0.288. The summed E-state index contributed by atoms with van der Waals surface area (Å²) in [5.74, 6) is 0.448. The van der Waals surface area contributed by atoms with Crippen molar-refractivity contribution in [3.63, 3.8) is 0 Å². The molecule has 0 aliphatic carbocycles. The third kappa shape index (κ3) is 5.14. The standard InChI is InChI=1S/C19H22N2O5/c1-24-15-9-14(10-16(25-2)19(15)26-3)21-18(23)11-17(22)20-12-13-7-5-4-6-8-13/h4-10H,11-12H2,1-3H3,(H,20,22)(H,21,23). The van der Waals surface area contributed by atoms with E-state index in [9.17, 15) is 9.59 Å². The number of carbonyl (C=O) groups excluding carboxylic acids is 2. The molecule has 7 nitrogen and oxygen atoms in total. The van der Waals surface area contributed by atoms with Gasteiger partial charge in [-0.05, 0) is 5.56 Å². The molecule has 138 valence electrons. The van der Waals surface area contributed by atoms with Gasteiger partial charge in [0.2, 0.25) is 17.6 Å². The molecule has 0 heterocycles. The number of hydrogen-bond acceptors (Lipinski definition) is 5. The van der Waals surface area contributed by atoms with Gasteiger partial charge < -0.3 is 24.8 Å². The summed E-state index contributed by atoms with van der Waals surface area (Å²) in [4.78, 5) is 24.0. The first-order valence-corrected chi connectivity index (χ1v) is 7.97. The monoisotopic (exact) mass is 358 g/mol. The second kappa shape index (κ2) is 9.31. The van der Waals surface area contributed by atoms with Crippen LogP contribution in [0.4, 0.5) is 5.69 Å². The predicted molar refractivity (Wildman–Crippen MR) is 97.6 cm³/mol. The summed E-state index contributed by atoms with van der Waals surface area (Å²) in [5.41, 5.74) is 1.41. The van der Waals surface area contributed by atoms with Crippen LogP contribution in [0.3, 0.4) is 0 Å². The van der Waals surface area contributed by atoms with E-state index in [4.69, 9.17) is 14.2 Å². The molecule has 26 heavy (non-hydrogen) atoms. The number of amides is 2. The second-order valence-corrected chi connectivity index (χ2v) is 5.40. The maximum atomic E-state index is 12.1. The highest BCUT2D eigenvalue weighted by Gasteiger charge is 2.15. The van der Waals surface area contributed by atoms with Crippen molar-refractivity contribution in [1.82, 2.24) is 5.32 Å². The van der Waals surface area contributed by atoms with Crippen molar-refractivity contribution >= 4 is 17.5 Å². The molecule has 0 atom stereocenters. The van der Waals surface area contributed by atoms with Gasteiger partial charge in [0, 0.05) is 24.4 Å². The molecule has 0 bridgehead atoms. The van der Waals surface area contributed by atoms with Gasteiger partial charge in [0.25, 0.3) is 0 Å². The lowest BCUT2D eigenvalue weighted by Gasteiger charge is -2.14. The van der Waals surface area contributed by atoms with Gasteiger partial charge in [0.15, 0.2) is 11.5 Å². The molecule has 2 aromatic rings. The highest BCUT2D eigenvalue weighted by atomic mass is 16.5. The van der Waals surface area contributed by atoms with E-state index in [0.717, 1.165) is 5.56 Å². The number of carbonyl (C=O) groups is 2. The van der Waals surface area contributed by atoms with Crippen molar-refractivity contribution in [2.24, 2.45) is 0 Å². The number of anilines is 1. The van der Waals surface area contributed by atoms with Gasteiger partial charge in [0.1, 0.15) is 6.42 Å². The summed E-state index contributed by atoms with van der Waals surface area (Å²) < 4.78 is 15.7. The van der Waals surface area contributed by atoms with Gasteiger partial charge in [-0.1, -0.05) is 30.3 Å². The largest absolute Gasteiger partial charge is 0.493 e. The molecule has 2 aromatic carbocycles. The number of benzene rings is 2. The van der Waals surface area contributed by atoms with Crippen molar-refractivity contribution in [3.05, 3.63) is 48.0 Å². The summed E-state index contributed by atoms with van der Waals surface area (Å²) in [6.45, 7) is 0.372. The van der Waals surface area contributed by atoms with Crippen molar-refractivity contribution in [3.8, 4) is 17.2 Å². The highest BCUT2D eigenvalue weighted by Crippen LogP contribution is 2.39. The number of ether oxygens (including phenoxy) is 3. The van der Waals surface area contributed by atoms with Crippen LogP contribution >= 0.6 is 0 Å². The molecule has 2 amide bonds. The number of methoxy groups -OCH3 is 3. The smallest absolute Gasteiger partial charge is 0.233 e. The minimum atomic E-state index is -0.440. The number of hydrogen-bond donors (Lipinski definition) is 2. The van der Waals surface area contributed by atoms with E-state index in [1.54, 1.807) is 12.1 Å². The maximum absolute atomic E-state index is 12.1. The molecule has 0 fully saturated rings. The van der Waals surface area contributed by atoms with Crippen molar-refractivity contribution in [1.29, 1.82) is 0 Å². The highest BCUT2D eigenvalue weighted by molar-refractivity contribution is 6.03. The van der Waals surface area contributed by atoms with Crippen molar-refractivity contribution < 1.29 is 23.8 Å².